The van der Waals surface area contributed by atoms with Gasteiger partial charge in [-0.2, -0.15) is 0 Å². The SMILES string of the molecule is Cc1nc(-c2nc(Cl)c3c(n2)CCC3)cs1. The van der Waals surface area contributed by atoms with Crippen molar-refractivity contribution in [3.8, 4) is 11.5 Å². The molecule has 2 aromatic heterocycles. The predicted molar refractivity (Wildman–Crippen MR) is 64.9 cm³/mol. The van der Waals surface area contributed by atoms with Gasteiger partial charge in [-0.05, 0) is 26.2 Å². The Balaban J connectivity index is 2.12. The van der Waals surface area contributed by atoms with E-state index in [0.29, 0.717) is 11.0 Å². The Hall–Kier alpha value is -1.00. The summed E-state index contributed by atoms with van der Waals surface area (Å²) < 4.78 is 0. The summed E-state index contributed by atoms with van der Waals surface area (Å²) in [7, 11) is 0. The summed E-state index contributed by atoms with van der Waals surface area (Å²) in [6, 6.07) is 0. The topological polar surface area (TPSA) is 38.7 Å². The molecule has 2 heterocycles. The summed E-state index contributed by atoms with van der Waals surface area (Å²) in [5, 5.41) is 3.60. The number of rotatable bonds is 1. The lowest BCUT2D eigenvalue weighted by molar-refractivity contribution is 0.899. The molecule has 0 aromatic carbocycles. The molecule has 5 heteroatoms. The van der Waals surface area contributed by atoms with Gasteiger partial charge in [0, 0.05) is 16.6 Å². The molecule has 1 aliphatic carbocycles. The van der Waals surface area contributed by atoms with Crippen molar-refractivity contribution in [2.75, 3.05) is 0 Å². The number of fused-ring (bicyclic) bond motifs is 1. The van der Waals surface area contributed by atoms with Crippen LogP contribution in [-0.4, -0.2) is 15.0 Å². The minimum Gasteiger partial charge on any atom is -0.238 e. The molecule has 0 atom stereocenters. The van der Waals surface area contributed by atoms with Crippen molar-refractivity contribution in [2.45, 2.75) is 26.2 Å². The van der Waals surface area contributed by atoms with Gasteiger partial charge in [-0.1, -0.05) is 11.6 Å². The summed E-state index contributed by atoms with van der Waals surface area (Å²) in [5.74, 6) is 0.662. The standard InChI is InChI=1S/C11H10ClN3S/c1-6-13-9(5-16-6)11-14-8-4-2-3-7(8)10(12)15-11/h5H,2-4H2,1H3. The molecule has 3 rings (SSSR count). The molecule has 0 radical (unpaired) electrons. The largest absolute Gasteiger partial charge is 0.238 e. The molecule has 0 N–H and O–H groups in total. The van der Waals surface area contributed by atoms with E-state index in [1.54, 1.807) is 11.3 Å². The second-order valence-electron chi connectivity index (χ2n) is 3.87. The number of nitrogens with zero attached hydrogens (tertiary/aromatic N) is 3. The van der Waals surface area contributed by atoms with E-state index in [1.165, 1.54) is 0 Å². The van der Waals surface area contributed by atoms with E-state index < -0.39 is 0 Å². The molecule has 0 bridgehead atoms. The maximum atomic E-state index is 6.16. The van der Waals surface area contributed by atoms with Gasteiger partial charge in [0.2, 0.25) is 0 Å². The lowest BCUT2D eigenvalue weighted by Crippen LogP contribution is -1.97. The van der Waals surface area contributed by atoms with E-state index in [4.69, 9.17) is 11.6 Å². The summed E-state index contributed by atoms with van der Waals surface area (Å²) in [6.45, 7) is 1.98. The van der Waals surface area contributed by atoms with Gasteiger partial charge in [-0.15, -0.1) is 11.3 Å². The average molecular weight is 252 g/mol. The number of halogens is 1. The third-order valence-electron chi connectivity index (χ3n) is 2.73. The van der Waals surface area contributed by atoms with E-state index in [0.717, 1.165) is 41.2 Å². The predicted octanol–water partition coefficient (Wildman–Crippen LogP) is 3.05. The fraction of sp³-hybridized carbons (Fsp3) is 0.364. The minimum absolute atomic E-state index is 0.600. The van der Waals surface area contributed by atoms with E-state index in [1.807, 2.05) is 12.3 Å². The van der Waals surface area contributed by atoms with Crippen molar-refractivity contribution in [2.24, 2.45) is 0 Å². The zero-order chi connectivity index (χ0) is 11.1. The fourth-order valence-electron chi connectivity index (χ4n) is 1.97. The van der Waals surface area contributed by atoms with Gasteiger partial charge >= 0.3 is 0 Å². The van der Waals surface area contributed by atoms with E-state index in [-0.39, 0.29) is 0 Å². The van der Waals surface area contributed by atoms with E-state index in [2.05, 4.69) is 15.0 Å². The Morgan fingerprint density at radius 2 is 2.12 bits per heavy atom. The summed E-state index contributed by atoms with van der Waals surface area (Å²) in [5.41, 5.74) is 3.05. The van der Waals surface area contributed by atoms with Crippen LogP contribution in [0.15, 0.2) is 5.38 Å². The number of aromatic nitrogens is 3. The van der Waals surface area contributed by atoms with Crippen LogP contribution in [-0.2, 0) is 12.8 Å². The van der Waals surface area contributed by atoms with Crippen LogP contribution in [0.25, 0.3) is 11.5 Å². The first-order valence-electron chi connectivity index (χ1n) is 5.22. The molecule has 0 fully saturated rings. The smallest absolute Gasteiger partial charge is 0.180 e. The molecule has 3 nitrogen and oxygen atoms in total. The first-order valence-corrected chi connectivity index (χ1v) is 6.47. The minimum atomic E-state index is 0.600. The first-order chi connectivity index (χ1) is 7.74. The molecule has 16 heavy (non-hydrogen) atoms. The van der Waals surface area contributed by atoms with Gasteiger partial charge in [0.05, 0.1) is 5.01 Å². The summed E-state index contributed by atoms with van der Waals surface area (Å²) in [4.78, 5) is 13.3. The van der Waals surface area contributed by atoms with Crippen LogP contribution >= 0.6 is 22.9 Å². The maximum Gasteiger partial charge on any atom is 0.180 e. The average Bonchev–Trinajstić information content (AvgIpc) is 2.85. The molecule has 0 amide bonds. The van der Waals surface area contributed by atoms with Crippen LogP contribution in [0, 0.1) is 6.92 Å². The van der Waals surface area contributed by atoms with Crippen LogP contribution in [0.3, 0.4) is 0 Å². The van der Waals surface area contributed by atoms with Crippen LogP contribution in [0.1, 0.15) is 22.7 Å². The Morgan fingerprint density at radius 1 is 1.25 bits per heavy atom. The number of aryl methyl sites for hydroxylation is 2. The van der Waals surface area contributed by atoms with Crippen molar-refractivity contribution in [3.63, 3.8) is 0 Å². The van der Waals surface area contributed by atoms with Crippen LogP contribution in [0.4, 0.5) is 0 Å². The molecule has 0 saturated heterocycles. The highest BCUT2D eigenvalue weighted by Gasteiger charge is 2.19. The second-order valence-corrected chi connectivity index (χ2v) is 5.29. The van der Waals surface area contributed by atoms with Gasteiger partial charge in [0.1, 0.15) is 10.8 Å². The zero-order valence-corrected chi connectivity index (χ0v) is 10.4. The van der Waals surface area contributed by atoms with Crippen LogP contribution < -0.4 is 0 Å². The third kappa shape index (κ3) is 1.62. The Morgan fingerprint density at radius 3 is 2.88 bits per heavy atom. The molecule has 2 aromatic rings. The first kappa shape index (κ1) is 10.2. The molecule has 0 aliphatic heterocycles. The molecular formula is C11H10ClN3S. The van der Waals surface area contributed by atoms with Gasteiger partial charge in [0.15, 0.2) is 5.82 Å². The molecule has 0 unspecified atom stereocenters. The van der Waals surface area contributed by atoms with Gasteiger partial charge < -0.3 is 0 Å². The molecule has 82 valence electrons. The van der Waals surface area contributed by atoms with Crippen molar-refractivity contribution in [1.82, 2.24) is 15.0 Å². The third-order valence-corrected chi connectivity index (χ3v) is 3.82. The summed E-state index contributed by atoms with van der Waals surface area (Å²) >= 11 is 7.76. The zero-order valence-electron chi connectivity index (χ0n) is 8.83. The Kier molecular flexibility index (Phi) is 2.41. The lowest BCUT2D eigenvalue weighted by atomic mass is 10.2. The van der Waals surface area contributed by atoms with Crippen molar-refractivity contribution in [3.05, 3.63) is 26.8 Å². The fourth-order valence-corrected chi connectivity index (χ4v) is 2.84. The molecule has 0 saturated carbocycles. The summed E-state index contributed by atoms with van der Waals surface area (Å²) in [6.07, 6.45) is 3.14. The normalized spacial score (nSPS) is 14.1. The van der Waals surface area contributed by atoms with Crippen molar-refractivity contribution in [1.29, 1.82) is 0 Å². The Bertz CT molecular complexity index is 550. The molecule has 1 aliphatic rings. The van der Waals surface area contributed by atoms with Crippen molar-refractivity contribution >= 4 is 22.9 Å². The van der Waals surface area contributed by atoms with Crippen molar-refractivity contribution < 1.29 is 0 Å². The number of thiazole rings is 1. The number of hydrogen-bond donors (Lipinski definition) is 0. The highest BCUT2D eigenvalue weighted by atomic mass is 35.5. The maximum absolute atomic E-state index is 6.16. The highest BCUT2D eigenvalue weighted by molar-refractivity contribution is 7.09. The van der Waals surface area contributed by atoms with E-state index >= 15 is 0 Å². The monoisotopic (exact) mass is 251 g/mol. The molecule has 0 spiro atoms. The molecular weight excluding hydrogens is 242 g/mol. The van der Waals surface area contributed by atoms with Gasteiger partial charge in [0.25, 0.3) is 0 Å². The highest BCUT2D eigenvalue weighted by Crippen LogP contribution is 2.29. The van der Waals surface area contributed by atoms with Gasteiger partial charge in [-0.25, -0.2) is 15.0 Å². The lowest BCUT2D eigenvalue weighted by Gasteiger charge is -2.03. The van der Waals surface area contributed by atoms with Gasteiger partial charge in [-0.3, -0.25) is 0 Å². The second kappa shape index (κ2) is 3.79. The van der Waals surface area contributed by atoms with E-state index in [9.17, 15) is 0 Å². The Labute approximate surface area is 103 Å². The van der Waals surface area contributed by atoms with Crippen LogP contribution in [0.5, 0.6) is 0 Å². The van der Waals surface area contributed by atoms with Crippen LogP contribution in [0.2, 0.25) is 5.15 Å². The quantitative estimate of drug-likeness (QED) is 0.732. The number of hydrogen-bond acceptors (Lipinski definition) is 4.